The van der Waals surface area contributed by atoms with Crippen LogP contribution in [0.4, 0.5) is 8.78 Å². The summed E-state index contributed by atoms with van der Waals surface area (Å²) in [6.45, 7) is 0. The largest absolute Gasteiger partial charge is 0.478 e. The molecule has 0 saturated carbocycles. The SMILES string of the molecule is O=C(O)c1ccc(-c2nnsc2C(F)F)cc1. The number of benzene rings is 1. The number of halogens is 2. The average molecular weight is 256 g/mol. The quantitative estimate of drug-likeness (QED) is 0.917. The van der Waals surface area contributed by atoms with Crippen molar-refractivity contribution in [2.75, 3.05) is 0 Å². The summed E-state index contributed by atoms with van der Waals surface area (Å²) in [6, 6.07) is 5.55. The Hall–Kier alpha value is -1.89. The molecule has 0 fully saturated rings. The van der Waals surface area contributed by atoms with E-state index >= 15 is 0 Å². The van der Waals surface area contributed by atoms with Crippen LogP contribution in [0.5, 0.6) is 0 Å². The average Bonchev–Trinajstić information content (AvgIpc) is 2.78. The normalized spacial score (nSPS) is 10.8. The van der Waals surface area contributed by atoms with Crippen LogP contribution in [0, 0.1) is 0 Å². The first-order valence-corrected chi connectivity index (χ1v) is 5.31. The summed E-state index contributed by atoms with van der Waals surface area (Å²) in [7, 11) is 0. The van der Waals surface area contributed by atoms with Crippen LogP contribution in [-0.4, -0.2) is 20.7 Å². The fourth-order valence-corrected chi connectivity index (χ4v) is 1.85. The van der Waals surface area contributed by atoms with Crippen LogP contribution in [-0.2, 0) is 0 Å². The van der Waals surface area contributed by atoms with Gasteiger partial charge in [-0.05, 0) is 23.7 Å². The summed E-state index contributed by atoms with van der Waals surface area (Å²) in [6.07, 6.45) is -2.64. The van der Waals surface area contributed by atoms with Crippen LogP contribution in [0.2, 0.25) is 0 Å². The molecule has 0 saturated heterocycles. The van der Waals surface area contributed by atoms with Crippen molar-refractivity contribution in [2.45, 2.75) is 6.43 Å². The molecule has 1 aromatic heterocycles. The number of hydrogen-bond acceptors (Lipinski definition) is 4. The van der Waals surface area contributed by atoms with Gasteiger partial charge < -0.3 is 5.11 Å². The number of carboxylic acid groups (broad SMARTS) is 1. The van der Waals surface area contributed by atoms with Crippen LogP contribution in [0.1, 0.15) is 21.7 Å². The molecule has 1 N–H and O–H groups in total. The second kappa shape index (κ2) is 4.54. The van der Waals surface area contributed by atoms with E-state index in [1.165, 1.54) is 24.3 Å². The number of aromatic nitrogens is 2. The Morgan fingerprint density at radius 2 is 1.94 bits per heavy atom. The molecule has 1 aromatic carbocycles. The van der Waals surface area contributed by atoms with E-state index in [0.717, 1.165) is 0 Å². The van der Waals surface area contributed by atoms with Crippen molar-refractivity contribution in [1.29, 1.82) is 0 Å². The molecule has 0 atom stereocenters. The molecular weight excluding hydrogens is 250 g/mol. The number of aromatic carboxylic acids is 1. The lowest BCUT2D eigenvalue weighted by molar-refractivity contribution is 0.0697. The molecule has 7 heteroatoms. The minimum atomic E-state index is -2.64. The van der Waals surface area contributed by atoms with Crippen molar-refractivity contribution in [3.05, 3.63) is 34.7 Å². The number of hydrogen-bond donors (Lipinski definition) is 1. The molecule has 1 heterocycles. The molecule has 0 aliphatic carbocycles. The summed E-state index contributed by atoms with van der Waals surface area (Å²) < 4.78 is 28.7. The smallest absolute Gasteiger partial charge is 0.335 e. The Labute approximate surface area is 98.7 Å². The fraction of sp³-hybridized carbons (Fsp3) is 0.100. The zero-order valence-electron chi connectivity index (χ0n) is 8.30. The standard InChI is InChI=1S/C10H6F2N2O2S/c11-9(12)8-7(13-14-17-8)5-1-3-6(4-2-5)10(15)16/h1-4,9H,(H,15,16). The van der Waals surface area contributed by atoms with Gasteiger partial charge in [-0.1, -0.05) is 16.6 Å². The molecule has 0 aliphatic heterocycles. The molecular formula is C10H6F2N2O2S. The third kappa shape index (κ3) is 2.28. The van der Waals surface area contributed by atoms with Crippen molar-refractivity contribution < 1.29 is 18.7 Å². The number of alkyl halides is 2. The second-order valence-corrected chi connectivity index (χ2v) is 3.95. The lowest BCUT2D eigenvalue weighted by atomic mass is 10.1. The maximum Gasteiger partial charge on any atom is 0.335 e. The highest BCUT2D eigenvalue weighted by molar-refractivity contribution is 7.06. The summed E-state index contributed by atoms with van der Waals surface area (Å²) >= 11 is 0.636. The van der Waals surface area contributed by atoms with Gasteiger partial charge >= 0.3 is 5.97 Å². The number of rotatable bonds is 3. The maximum atomic E-state index is 12.6. The molecule has 0 spiro atoms. The zero-order chi connectivity index (χ0) is 12.4. The first-order valence-electron chi connectivity index (χ1n) is 4.53. The second-order valence-electron chi connectivity index (χ2n) is 3.17. The van der Waals surface area contributed by atoms with Gasteiger partial charge in [0.1, 0.15) is 10.6 Å². The third-order valence-corrected chi connectivity index (χ3v) is 2.85. The molecule has 0 aliphatic rings. The van der Waals surface area contributed by atoms with Crippen LogP contribution >= 0.6 is 11.5 Å². The molecule has 0 unspecified atom stereocenters. The molecule has 0 amide bonds. The predicted molar refractivity (Wildman–Crippen MR) is 57.3 cm³/mol. The Morgan fingerprint density at radius 3 is 2.47 bits per heavy atom. The minimum Gasteiger partial charge on any atom is -0.478 e. The van der Waals surface area contributed by atoms with Gasteiger partial charge in [0.25, 0.3) is 6.43 Å². The van der Waals surface area contributed by atoms with Crippen molar-refractivity contribution >= 4 is 17.5 Å². The van der Waals surface area contributed by atoms with Crippen LogP contribution < -0.4 is 0 Å². The van der Waals surface area contributed by atoms with Gasteiger partial charge in [-0.2, -0.15) is 0 Å². The molecule has 4 nitrogen and oxygen atoms in total. The Morgan fingerprint density at radius 1 is 1.29 bits per heavy atom. The van der Waals surface area contributed by atoms with Gasteiger partial charge in [-0.25, -0.2) is 13.6 Å². The van der Waals surface area contributed by atoms with E-state index in [4.69, 9.17) is 5.11 Å². The Kier molecular flexibility index (Phi) is 3.10. The van der Waals surface area contributed by atoms with E-state index in [-0.39, 0.29) is 16.1 Å². The molecule has 0 bridgehead atoms. The van der Waals surface area contributed by atoms with Gasteiger partial charge in [0.15, 0.2) is 0 Å². The van der Waals surface area contributed by atoms with Crippen LogP contribution in [0.3, 0.4) is 0 Å². The zero-order valence-corrected chi connectivity index (χ0v) is 9.12. The van der Waals surface area contributed by atoms with Gasteiger partial charge in [0.2, 0.25) is 0 Å². The Bertz CT molecular complexity index is 539. The summed E-state index contributed by atoms with van der Waals surface area (Å²) in [4.78, 5) is 10.4. The van der Waals surface area contributed by atoms with E-state index in [9.17, 15) is 13.6 Å². The van der Waals surface area contributed by atoms with Gasteiger partial charge in [-0.15, -0.1) is 5.10 Å². The van der Waals surface area contributed by atoms with E-state index < -0.39 is 12.4 Å². The van der Waals surface area contributed by atoms with Crippen LogP contribution in [0.15, 0.2) is 24.3 Å². The maximum absolute atomic E-state index is 12.6. The lowest BCUT2D eigenvalue weighted by Crippen LogP contribution is -1.95. The molecule has 17 heavy (non-hydrogen) atoms. The van der Waals surface area contributed by atoms with Crippen molar-refractivity contribution in [3.8, 4) is 11.3 Å². The molecule has 2 aromatic rings. The highest BCUT2D eigenvalue weighted by Gasteiger charge is 2.19. The number of carbonyl (C=O) groups is 1. The number of nitrogens with zero attached hydrogens (tertiary/aromatic N) is 2. The molecule has 0 radical (unpaired) electrons. The summed E-state index contributed by atoms with van der Waals surface area (Å²) in [5.74, 6) is -1.07. The number of carboxylic acids is 1. The topological polar surface area (TPSA) is 63.1 Å². The van der Waals surface area contributed by atoms with Crippen molar-refractivity contribution in [1.82, 2.24) is 9.59 Å². The molecule has 88 valence electrons. The van der Waals surface area contributed by atoms with Crippen LogP contribution in [0.25, 0.3) is 11.3 Å². The highest BCUT2D eigenvalue weighted by atomic mass is 32.1. The van der Waals surface area contributed by atoms with E-state index in [1.807, 2.05) is 0 Å². The van der Waals surface area contributed by atoms with Crippen molar-refractivity contribution in [2.24, 2.45) is 0 Å². The first-order chi connectivity index (χ1) is 8.09. The van der Waals surface area contributed by atoms with Crippen molar-refractivity contribution in [3.63, 3.8) is 0 Å². The lowest BCUT2D eigenvalue weighted by Gasteiger charge is -2.00. The Balaban J connectivity index is 2.40. The fourth-order valence-electron chi connectivity index (χ4n) is 1.31. The monoisotopic (exact) mass is 256 g/mol. The predicted octanol–water partition coefficient (Wildman–Crippen LogP) is 2.84. The first kappa shape index (κ1) is 11.6. The van der Waals surface area contributed by atoms with Gasteiger partial charge in [-0.3, -0.25) is 0 Å². The third-order valence-electron chi connectivity index (χ3n) is 2.12. The van der Waals surface area contributed by atoms with E-state index in [2.05, 4.69) is 9.59 Å². The van der Waals surface area contributed by atoms with Gasteiger partial charge in [0, 0.05) is 5.56 Å². The van der Waals surface area contributed by atoms with E-state index in [0.29, 0.717) is 17.1 Å². The summed E-state index contributed by atoms with van der Waals surface area (Å²) in [5, 5.41) is 12.3. The summed E-state index contributed by atoms with van der Waals surface area (Å²) in [5.41, 5.74) is 0.622. The van der Waals surface area contributed by atoms with Gasteiger partial charge in [0.05, 0.1) is 5.56 Å². The minimum absolute atomic E-state index is 0.0931. The highest BCUT2D eigenvalue weighted by Crippen LogP contribution is 2.31. The van der Waals surface area contributed by atoms with E-state index in [1.54, 1.807) is 0 Å². The molecule has 2 rings (SSSR count).